The molecule has 2 amide bonds. The summed E-state index contributed by atoms with van der Waals surface area (Å²) in [6.07, 6.45) is -4.30. The molecule has 0 unspecified atom stereocenters. The molecule has 0 radical (unpaired) electrons. The highest BCUT2D eigenvalue weighted by Crippen LogP contribution is 2.32. The highest BCUT2D eigenvalue weighted by molar-refractivity contribution is 7.17. The first-order valence-electron chi connectivity index (χ1n) is 9.21. The number of pyridine rings is 2. The van der Waals surface area contributed by atoms with E-state index in [9.17, 15) is 22.8 Å². The van der Waals surface area contributed by atoms with Crippen LogP contribution in [0.5, 0.6) is 0 Å². The van der Waals surface area contributed by atoms with Crippen molar-refractivity contribution in [2.45, 2.75) is 19.1 Å². The third-order valence-corrected chi connectivity index (χ3v) is 5.50. The van der Waals surface area contributed by atoms with E-state index in [0.717, 1.165) is 27.2 Å². The number of thiophene rings is 1. The molecule has 0 aliphatic carbocycles. The number of fused-ring (bicyclic) bond motifs is 1. The monoisotopic (exact) mass is 451 g/mol. The molecule has 0 saturated heterocycles. The van der Waals surface area contributed by atoms with E-state index in [4.69, 9.17) is 0 Å². The first-order chi connectivity index (χ1) is 14.7. The second-order valence-electron chi connectivity index (χ2n) is 6.81. The lowest BCUT2D eigenvalue weighted by atomic mass is 10.1. The average molecular weight is 451 g/mol. The maximum absolute atomic E-state index is 13.2. The van der Waals surface area contributed by atoms with Crippen LogP contribution in [0.1, 0.15) is 11.3 Å². The Bertz CT molecular complexity index is 1100. The third kappa shape index (κ3) is 4.83. The van der Waals surface area contributed by atoms with Crippen LogP contribution < -0.4 is 15.1 Å². The van der Waals surface area contributed by atoms with Crippen LogP contribution in [-0.4, -0.2) is 49.0 Å². The summed E-state index contributed by atoms with van der Waals surface area (Å²) in [6, 6.07) is 5.82. The molecule has 1 atom stereocenters. The Kier molecular flexibility index (Phi) is 6.56. The number of nitrogens with zero attached hydrogens (tertiary/aromatic N) is 4. The Hall–Kier alpha value is -3.05. The van der Waals surface area contributed by atoms with Crippen LogP contribution in [0.4, 0.5) is 24.8 Å². The fourth-order valence-electron chi connectivity index (χ4n) is 3.10. The van der Waals surface area contributed by atoms with Gasteiger partial charge in [0.25, 0.3) is 5.91 Å². The number of amides is 2. The molecule has 3 aromatic rings. The number of nitrogens with one attached hydrogen (secondary N) is 1. The zero-order valence-electron chi connectivity index (χ0n) is 17.0. The Morgan fingerprint density at radius 2 is 1.97 bits per heavy atom. The van der Waals surface area contributed by atoms with Gasteiger partial charge in [0.1, 0.15) is 17.7 Å². The van der Waals surface area contributed by atoms with Gasteiger partial charge in [0, 0.05) is 19.3 Å². The molecule has 11 heteroatoms. The number of rotatable bonds is 7. The SMILES string of the molecule is CNC[C@@H](C(=O)N(C)c1ccc2sccc2n1)N(C=O)c1cc(C(F)(F)F)cc(C)n1. The molecule has 0 aliphatic heterocycles. The summed E-state index contributed by atoms with van der Waals surface area (Å²) in [6.45, 7) is 1.39. The van der Waals surface area contributed by atoms with Crippen molar-refractivity contribution in [3.05, 3.63) is 47.0 Å². The van der Waals surface area contributed by atoms with Crippen LogP contribution in [0.2, 0.25) is 0 Å². The van der Waals surface area contributed by atoms with Gasteiger partial charge in [-0.1, -0.05) is 0 Å². The summed E-state index contributed by atoms with van der Waals surface area (Å²) in [5.41, 5.74) is -0.157. The van der Waals surface area contributed by atoms with Gasteiger partial charge in [-0.2, -0.15) is 13.2 Å². The van der Waals surface area contributed by atoms with E-state index in [1.54, 1.807) is 13.1 Å². The molecule has 0 saturated carbocycles. The average Bonchev–Trinajstić information content (AvgIpc) is 3.19. The van der Waals surface area contributed by atoms with E-state index >= 15 is 0 Å². The zero-order valence-corrected chi connectivity index (χ0v) is 17.8. The second-order valence-corrected chi connectivity index (χ2v) is 7.76. The minimum atomic E-state index is -4.61. The maximum atomic E-state index is 13.2. The molecule has 0 fully saturated rings. The van der Waals surface area contributed by atoms with Crippen LogP contribution in [0.25, 0.3) is 10.2 Å². The molecule has 3 rings (SSSR count). The maximum Gasteiger partial charge on any atom is 0.416 e. The Morgan fingerprint density at radius 3 is 2.61 bits per heavy atom. The molecule has 0 aliphatic rings. The van der Waals surface area contributed by atoms with Gasteiger partial charge in [0.2, 0.25) is 6.41 Å². The van der Waals surface area contributed by atoms with Crippen molar-refractivity contribution in [1.82, 2.24) is 15.3 Å². The Labute approximate surface area is 180 Å². The fraction of sp³-hybridized carbons (Fsp3) is 0.300. The quantitative estimate of drug-likeness (QED) is 0.558. The topological polar surface area (TPSA) is 78.4 Å². The van der Waals surface area contributed by atoms with Gasteiger partial charge in [0.05, 0.1) is 15.8 Å². The molecule has 31 heavy (non-hydrogen) atoms. The molecule has 7 nitrogen and oxygen atoms in total. The summed E-state index contributed by atoms with van der Waals surface area (Å²) in [5.74, 6) is -0.429. The predicted molar refractivity (Wildman–Crippen MR) is 113 cm³/mol. The van der Waals surface area contributed by atoms with Crippen molar-refractivity contribution in [2.24, 2.45) is 0 Å². The second kappa shape index (κ2) is 8.98. The molecule has 1 N–H and O–H groups in total. The largest absolute Gasteiger partial charge is 0.416 e. The molecule has 164 valence electrons. The lowest BCUT2D eigenvalue weighted by Crippen LogP contribution is -2.52. The van der Waals surface area contributed by atoms with Crippen molar-refractivity contribution < 1.29 is 22.8 Å². The fourth-order valence-corrected chi connectivity index (χ4v) is 3.82. The first-order valence-corrected chi connectivity index (χ1v) is 10.1. The van der Waals surface area contributed by atoms with Crippen molar-refractivity contribution >= 4 is 45.5 Å². The van der Waals surface area contributed by atoms with Crippen LogP contribution in [0, 0.1) is 6.92 Å². The smallest absolute Gasteiger partial charge is 0.317 e. The van der Waals surface area contributed by atoms with Crippen molar-refractivity contribution in [1.29, 1.82) is 0 Å². The van der Waals surface area contributed by atoms with Gasteiger partial charge in [-0.3, -0.25) is 19.4 Å². The van der Waals surface area contributed by atoms with E-state index in [-0.39, 0.29) is 18.1 Å². The number of hydrogen-bond donors (Lipinski definition) is 1. The number of carbonyl (C=O) groups is 2. The van der Waals surface area contributed by atoms with Crippen molar-refractivity contribution in [3.8, 4) is 0 Å². The van der Waals surface area contributed by atoms with E-state index in [1.807, 2.05) is 17.5 Å². The zero-order chi connectivity index (χ0) is 22.8. The molecule has 3 heterocycles. The van der Waals surface area contributed by atoms with Gasteiger partial charge >= 0.3 is 6.18 Å². The van der Waals surface area contributed by atoms with Crippen LogP contribution in [0.3, 0.4) is 0 Å². The van der Waals surface area contributed by atoms with E-state index in [1.165, 1.54) is 30.2 Å². The summed E-state index contributed by atoms with van der Waals surface area (Å²) in [5, 5.41) is 4.69. The lowest BCUT2D eigenvalue weighted by molar-refractivity contribution is -0.137. The van der Waals surface area contributed by atoms with Gasteiger partial charge in [-0.25, -0.2) is 9.97 Å². The van der Waals surface area contributed by atoms with Crippen LogP contribution in [-0.2, 0) is 15.8 Å². The van der Waals surface area contributed by atoms with Gasteiger partial charge in [-0.05, 0) is 49.7 Å². The molecule has 0 aromatic carbocycles. The number of anilines is 2. The summed E-state index contributed by atoms with van der Waals surface area (Å²) >= 11 is 1.51. The highest BCUT2D eigenvalue weighted by Gasteiger charge is 2.34. The number of aromatic nitrogens is 2. The number of aryl methyl sites for hydroxylation is 1. The Balaban J connectivity index is 1.97. The number of carbonyl (C=O) groups excluding carboxylic acids is 2. The van der Waals surface area contributed by atoms with Gasteiger partial charge in [0.15, 0.2) is 0 Å². The number of hydrogen-bond acceptors (Lipinski definition) is 6. The summed E-state index contributed by atoms with van der Waals surface area (Å²) < 4.78 is 40.7. The number of likely N-dealkylation sites (N-methyl/N-ethyl adjacent to an activating group) is 2. The summed E-state index contributed by atoms with van der Waals surface area (Å²) in [7, 11) is 3.07. The minimum Gasteiger partial charge on any atom is -0.317 e. The lowest BCUT2D eigenvalue weighted by Gasteiger charge is -2.30. The van der Waals surface area contributed by atoms with E-state index in [2.05, 4.69) is 15.3 Å². The molecule has 3 aromatic heterocycles. The van der Waals surface area contributed by atoms with Crippen molar-refractivity contribution in [2.75, 3.05) is 30.4 Å². The molecular formula is C20H20F3N5O2S. The third-order valence-electron chi connectivity index (χ3n) is 4.63. The van der Waals surface area contributed by atoms with Crippen LogP contribution >= 0.6 is 11.3 Å². The number of alkyl halides is 3. The highest BCUT2D eigenvalue weighted by atomic mass is 32.1. The van der Waals surface area contributed by atoms with Crippen LogP contribution in [0.15, 0.2) is 35.7 Å². The normalized spacial score (nSPS) is 12.6. The molecule has 0 bridgehead atoms. The standard InChI is InChI=1S/C20H20F3N5O2S/c1-12-8-13(20(21,22)23)9-18(25-12)28(11-29)15(10-24-2)19(30)27(3)17-5-4-16-14(26-17)6-7-31-16/h4-9,11,15,24H,10H2,1-3H3/t15-/m0/s1. The van der Waals surface area contributed by atoms with Crippen molar-refractivity contribution in [3.63, 3.8) is 0 Å². The number of halogens is 3. The van der Waals surface area contributed by atoms with Gasteiger partial charge in [-0.15, -0.1) is 11.3 Å². The van der Waals surface area contributed by atoms with E-state index < -0.39 is 23.7 Å². The first kappa shape index (κ1) is 22.6. The molecular weight excluding hydrogens is 431 g/mol. The Morgan fingerprint density at radius 1 is 1.23 bits per heavy atom. The summed E-state index contributed by atoms with van der Waals surface area (Å²) in [4.78, 5) is 35.8. The predicted octanol–water partition coefficient (Wildman–Crippen LogP) is 3.23. The minimum absolute atomic E-state index is 0.000415. The molecule has 0 spiro atoms. The van der Waals surface area contributed by atoms with Gasteiger partial charge < -0.3 is 5.32 Å². The van der Waals surface area contributed by atoms with E-state index in [0.29, 0.717) is 12.2 Å².